The summed E-state index contributed by atoms with van der Waals surface area (Å²) in [6, 6.07) is 4.35. The van der Waals surface area contributed by atoms with Gasteiger partial charge in [-0.2, -0.15) is 0 Å². The molecule has 4 heterocycles. The smallest absolute Gasteiger partial charge is 0.160 e. The zero-order valence-electron chi connectivity index (χ0n) is 10.8. The minimum Gasteiger partial charge on any atom is -0.381 e. The molecule has 0 radical (unpaired) electrons. The van der Waals surface area contributed by atoms with Crippen LogP contribution >= 0.6 is 0 Å². The molecule has 0 N–H and O–H groups in total. The van der Waals surface area contributed by atoms with Gasteiger partial charge in [0.1, 0.15) is 11.3 Å². The fourth-order valence-electron chi connectivity index (χ4n) is 3.06. The highest BCUT2D eigenvalue weighted by molar-refractivity contribution is 5.71. The minimum absolute atomic E-state index is 0.371. The molecule has 19 heavy (non-hydrogen) atoms. The van der Waals surface area contributed by atoms with Crippen LogP contribution in [-0.4, -0.2) is 41.0 Å². The molecule has 0 saturated carbocycles. The second-order valence-electron chi connectivity index (χ2n) is 5.26. The highest BCUT2D eigenvalue weighted by Gasteiger charge is 2.29. The molecule has 5 nitrogen and oxygen atoms in total. The second-order valence-corrected chi connectivity index (χ2v) is 5.26. The van der Waals surface area contributed by atoms with Gasteiger partial charge in [-0.05, 0) is 25.0 Å². The number of ether oxygens (including phenoxy) is 2. The molecule has 4 rings (SSSR count). The zero-order chi connectivity index (χ0) is 12.7. The molecule has 0 aromatic carbocycles. The van der Waals surface area contributed by atoms with Crippen LogP contribution < -0.4 is 0 Å². The lowest BCUT2D eigenvalue weighted by molar-refractivity contribution is 0.184. The van der Waals surface area contributed by atoms with E-state index >= 15 is 0 Å². The number of hydrogen-bond acceptors (Lipinski definition) is 4. The normalized spacial score (nSPS) is 27.4. The van der Waals surface area contributed by atoms with E-state index in [0.717, 1.165) is 56.3 Å². The number of imidazole rings is 1. The van der Waals surface area contributed by atoms with Crippen LogP contribution in [0.4, 0.5) is 0 Å². The molecule has 5 heteroatoms. The number of rotatable bonds is 2. The first-order chi connectivity index (χ1) is 9.43. The number of aromatic nitrogens is 3. The van der Waals surface area contributed by atoms with Gasteiger partial charge in [-0.15, -0.1) is 0 Å². The van der Waals surface area contributed by atoms with Crippen molar-refractivity contribution in [2.75, 3.05) is 26.4 Å². The minimum atomic E-state index is 0.371. The Morgan fingerprint density at radius 3 is 2.84 bits per heavy atom. The Morgan fingerprint density at radius 1 is 1.16 bits per heavy atom. The Labute approximate surface area is 111 Å². The molecule has 0 amide bonds. The summed E-state index contributed by atoms with van der Waals surface area (Å²) in [6.45, 7) is 3.21. The first-order valence-electron chi connectivity index (χ1n) is 6.92. The van der Waals surface area contributed by atoms with Crippen LogP contribution in [0.5, 0.6) is 0 Å². The quantitative estimate of drug-likeness (QED) is 0.826. The predicted octanol–water partition coefficient (Wildman–Crippen LogP) is 1.90. The fourth-order valence-corrected chi connectivity index (χ4v) is 3.06. The Kier molecular flexibility index (Phi) is 2.74. The second kappa shape index (κ2) is 4.58. The summed E-state index contributed by atoms with van der Waals surface area (Å²) in [5, 5.41) is 0. The van der Waals surface area contributed by atoms with Crippen molar-refractivity contribution >= 4 is 11.2 Å². The first-order valence-corrected chi connectivity index (χ1v) is 6.92. The summed E-state index contributed by atoms with van der Waals surface area (Å²) in [6.07, 6.45) is 3.94. The lowest BCUT2D eigenvalue weighted by atomic mass is 10.1. The highest BCUT2D eigenvalue weighted by Crippen LogP contribution is 2.32. The van der Waals surface area contributed by atoms with E-state index in [1.165, 1.54) is 0 Å². The molecule has 100 valence electrons. The lowest BCUT2D eigenvalue weighted by Crippen LogP contribution is -2.16. The molecule has 2 saturated heterocycles. The number of fused-ring (bicyclic) bond motifs is 1. The van der Waals surface area contributed by atoms with Gasteiger partial charge in [-0.3, -0.25) is 0 Å². The Morgan fingerprint density at radius 2 is 2.05 bits per heavy atom. The maximum Gasteiger partial charge on any atom is 0.160 e. The third kappa shape index (κ3) is 1.84. The number of hydrogen-bond donors (Lipinski definition) is 0. The lowest BCUT2D eigenvalue weighted by Gasteiger charge is -2.17. The summed E-state index contributed by atoms with van der Waals surface area (Å²) in [5.41, 5.74) is 1.97. The average molecular weight is 259 g/mol. The summed E-state index contributed by atoms with van der Waals surface area (Å²) in [5.74, 6) is 1.52. The predicted molar refractivity (Wildman–Crippen MR) is 70.2 cm³/mol. The van der Waals surface area contributed by atoms with Crippen molar-refractivity contribution in [3.8, 4) is 0 Å². The van der Waals surface area contributed by atoms with Crippen LogP contribution in [0.3, 0.4) is 0 Å². The largest absolute Gasteiger partial charge is 0.381 e. The van der Waals surface area contributed by atoms with Crippen molar-refractivity contribution in [3.05, 3.63) is 24.2 Å². The van der Waals surface area contributed by atoms with Gasteiger partial charge in [0.15, 0.2) is 5.65 Å². The Balaban J connectivity index is 1.87. The molecule has 2 aromatic rings. The van der Waals surface area contributed by atoms with Gasteiger partial charge in [0.05, 0.1) is 19.3 Å². The van der Waals surface area contributed by atoms with E-state index < -0.39 is 0 Å². The van der Waals surface area contributed by atoms with Gasteiger partial charge in [0.25, 0.3) is 0 Å². The third-order valence-corrected chi connectivity index (χ3v) is 4.04. The van der Waals surface area contributed by atoms with E-state index in [1.54, 1.807) is 0 Å². The van der Waals surface area contributed by atoms with E-state index in [1.807, 2.05) is 18.3 Å². The summed E-state index contributed by atoms with van der Waals surface area (Å²) in [7, 11) is 0. The van der Waals surface area contributed by atoms with Crippen LogP contribution in [0.2, 0.25) is 0 Å². The van der Waals surface area contributed by atoms with E-state index in [-0.39, 0.29) is 0 Å². The van der Waals surface area contributed by atoms with Crippen molar-refractivity contribution in [1.82, 2.24) is 14.5 Å². The molecule has 2 aliphatic heterocycles. The average Bonchev–Trinajstić information content (AvgIpc) is 3.17. The fraction of sp³-hybridized carbons (Fsp3) is 0.571. The van der Waals surface area contributed by atoms with Gasteiger partial charge in [-0.1, -0.05) is 0 Å². The Hall–Kier alpha value is -1.46. The molecule has 2 aliphatic rings. The SMILES string of the molecule is c1cnc2c(c1)nc(C1CCOC1)n2C1CCOC1. The van der Waals surface area contributed by atoms with Gasteiger partial charge in [-0.25, -0.2) is 9.97 Å². The van der Waals surface area contributed by atoms with E-state index in [9.17, 15) is 0 Å². The standard InChI is InChI=1S/C14H17N3O2/c1-2-12-14(15-5-1)17(11-4-7-19-9-11)13(16-12)10-3-6-18-8-10/h1-2,5,10-11H,3-4,6-9H2. The van der Waals surface area contributed by atoms with Crippen LogP contribution in [0.1, 0.15) is 30.6 Å². The molecule has 0 spiro atoms. The molecule has 2 atom stereocenters. The topological polar surface area (TPSA) is 49.2 Å². The van der Waals surface area contributed by atoms with Crippen molar-refractivity contribution in [2.24, 2.45) is 0 Å². The van der Waals surface area contributed by atoms with Gasteiger partial charge in [0.2, 0.25) is 0 Å². The molecule has 0 aliphatic carbocycles. The summed E-state index contributed by atoms with van der Waals surface area (Å²) in [4.78, 5) is 9.33. The number of nitrogens with zero attached hydrogens (tertiary/aromatic N) is 3. The van der Waals surface area contributed by atoms with E-state index in [4.69, 9.17) is 14.5 Å². The van der Waals surface area contributed by atoms with Crippen LogP contribution in [0.15, 0.2) is 18.3 Å². The third-order valence-electron chi connectivity index (χ3n) is 4.04. The van der Waals surface area contributed by atoms with Crippen LogP contribution in [-0.2, 0) is 9.47 Å². The monoisotopic (exact) mass is 259 g/mol. The van der Waals surface area contributed by atoms with Crippen molar-refractivity contribution < 1.29 is 9.47 Å². The van der Waals surface area contributed by atoms with E-state index in [0.29, 0.717) is 12.0 Å². The Bertz CT molecular complexity index is 583. The van der Waals surface area contributed by atoms with Crippen molar-refractivity contribution in [1.29, 1.82) is 0 Å². The molecule has 2 fully saturated rings. The van der Waals surface area contributed by atoms with E-state index in [2.05, 4.69) is 9.55 Å². The highest BCUT2D eigenvalue weighted by atomic mass is 16.5. The van der Waals surface area contributed by atoms with Crippen molar-refractivity contribution in [2.45, 2.75) is 24.8 Å². The first kappa shape index (κ1) is 11.4. The molecule has 0 bridgehead atoms. The molecular formula is C14H17N3O2. The maximum absolute atomic E-state index is 5.54. The zero-order valence-corrected chi connectivity index (χ0v) is 10.8. The van der Waals surface area contributed by atoms with Gasteiger partial charge >= 0.3 is 0 Å². The summed E-state index contributed by atoms with van der Waals surface area (Å²) < 4.78 is 13.4. The van der Waals surface area contributed by atoms with Crippen molar-refractivity contribution in [3.63, 3.8) is 0 Å². The van der Waals surface area contributed by atoms with Gasteiger partial charge < -0.3 is 14.0 Å². The summed E-state index contributed by atoms with van der Waals surface area (Å²) >= 11 is 0. The number of pyridine rings is 1. The molecule has 2 unspecified atom stereocenters. The van der Waals surface area contributed by atoms with Crippen LogP contribution in [0, 0.1) is 0 Å². The van der Waals surface area contributed by atoms with Crippen LogP contribution in [0.25, 0.3) is 11.2 Å². The maximum atomic E-state index is 5.54. The van der Waals surface area contributed by atoms with Gasteiger partial charge in [0, 0.05) is 25.3 Å². The molecule has 2 aromatic heterocycles. The molecular weight excluding hydrogens is 242 g/mol.